The van der Waals surface area contributed by atoms with E-state index in [0.717, 1.165) is 0 Å². The summed E-state index contributed by atoms with van der Waals surface area (Å²) in [6, 6.07) is 2.06. The van der Waals surface area contributed by atoms with E-state index in [4.69, 9.17) is 28.9 Å². The highest BCUT2D eigenvalue weighted by Gasteiger charge is 2.21. The lowest BCUT2D eigenvalue weighted by molar-refractivity contribution is 0.769. The van der Waals surface area contributed by atoms with Crippen LogP contribution in [0, 0.1) is 11.3 Å². The smallest absolute Gasteiger partial charge is 0.145 e. The summed E-state index contributed by atoms with van der Waals surface area (Å²) < 4.78 is 1.39. The van der Waals surface area contributed by atoms with Gasteiger partial charge in [-0.2, -0.15) is 10.4 Å². The first-order chi connectivity index (χ1) is 8.97. The Morgan fingerprint density at radius 3 is 2.32 bits per heavy atom. The molecule has 0 atom stereocenters. The van der Waals surface area contributed by atoms with E-state index in [9.17, 15) is 5.26 Å². The van der Waals surface area contributed by atoms with Gasteiger partial charge in [-0.3, -0.25) is 4.98 Å². The Morgan fingerprint density at radius 1 is 1.32 bits per heavy atom. The Bertz CT molecular complexity index is 649. The van der Waals surface area contributed by atoms with E-state index in [-0.39, 0.29) is 11.7 Å². The van der Waals surface area contributed by atoms with Crippen molar-refractivity contribution in [1.82, 2.24) is 14.8 Å². The monoisotopic (exact) mass is 295 g/mol. The van der Waals surface area contributed by atoms with Gasteiger partial charge in [0, 0.05) is 12.4 Å². The third kappa shape index (κ3) is 2.25. The van der Waals surface area contributed by atoms with Crippen LogP contribution in [0.4, 0.5) is 5.82 Å². The van der Waals surface area contributed by atoms with Crippen molar-refractivity contribution < 1.29 is 0 Å². The SMILES string of the molecule is CC(C)c1nn(-c2c(Cl)cncc2Cl)c(N)c1C#N. The van der Waals surface area contributed by atoms with Crippen LogP contribution < -0.4 is 5.73 Å². The molecular weight excluding hydrogens is 285 g/mol. The maximum absolute atomic E-state index is 9.19. The zero-order chi connectivity index (χ0) is 14.2. The number of pyridine rings is 1. The van der Waals surface area contributed by atoms with Gasteiger partial charge in [0.15, 0.2) is 0 Å². The molecule has 0 amide bonds. The first kappa shape index (κ1) is 13.7. The van der Waals surface area contributed by atoms with Gasteiger partial charge in [-0.05, 0) is 5.92 Å². The van der Waals surface area contributed by atoms with Crippen LogP contribution in [0.1, 0.15) is 31.0 Å². The minimum absolute atomic E-state index is 0.0672. The van der Waals surface area contributed by atoms with Crippen LogP contribution in [0.25, 0.3) is 5.69 Å². The van der Waals surface area contributed by atoms with E-state index in [2.05, 4.69) is 16.2 Å². The van der Waals surface area contributed by atoms with Gasteiger partial charge in [-0.1, -0.05) is 37.0 Å². The van der Waals surface area contributed by atoms with Crippen LogP contribution in [0.5, 0.6) is 0 Å². The molecule has 0 fully saturated rings. The second kappa shape index (κ2) is 5.08. The number of nitrogen functional groups attached to an aromatic ring is 1. The molecule has 2 heterocycles. The lowest BCUT2D eigenvalue weighted by atomic mass is 10.1. The summed E-state index contributed by atoms with van der Waals surface area (Å²) >= 11 is 12.1. The maximum Gasteiger partial charge on any atom is 0.145 e. The number of nitriles is 1. The predicted octanol–water partition coefficient (Wildman–Crippen LogP) is 3.15. The van der Waals surface area contributed by atoms with Gasteiger partial charge in [-0.25, -0.2) is 4.68 Å². The van der Waals surface area contributed by atoms with Gasteiger partial charge in [-0.15, -0.1) is 0 Å². The van der Waals surface area contributed by atoms with Crippen molar-refractivity contribution in [3.05, 3.63) is 33.7 Å². The van der Waals surface area contributed by atoms with Gasteiger partial charge in [0.2, 0.25) is 0 Å². The lowest BCUT2D eigenvalue weighted by Gasteiger charge is -2.07. The number of hydrogen-bond acceptors (Lipinski definition) is 4. The van der Waals surface area contributed by atoms with Crippen LogP contribution >= 0.6 is 23.2 Å². The molecule has 0 radical (unpaired) electrons. The van der Waals surface area contributed by atoms with E-state index in [0.29, 0.717) is 27.0 Å². The molecule has 0 aliphatic carbocycles. The normalized spacial score (nSPS) is 10.7. The fourth-order valence-corrected chi connectivity index (χ4v) is 2.27. The van der Waals surface area contributed by atoms with Crippen molar-refractivity contribution in [1.29, 1.82) is 5.26 Å². The number of halogens is 2. The molecule has 2 rings (SSSR count). The predicted molar refractivity (Wildman–Crippen MR) is 74.6 cm³/mol. The van der Waals surface area contributed by atoms with E-state index < -0.39 is 0 Å². The molecular formula is C12H11Cl2N5. The molecule has 0 aliphatic rings. The molecule has 98 valence electrons. The molecule has 0 saturated carbocycles. The highest BCUT2D eigenvalue weighted by atomic mass is 35.5. The summed E-state index contributed by atoms with van der Waals surface area (Å²) in [6.07, 6.45) is 2.90. The summed E-state index contributed by atoms with van der Waals surface area (Å²) in [5.41, 5.74) is 7.35. The zero-order valence-electron chi connectivity index (χ0n) is 10.4. The molecule has 0 spiro atoms. The molecule has 2 N–H and O–H groups in total. The van der Waals surface area contributed by atoms with Crippen molar-refractivity contribution >= 4 is 29.0 Å². The Labute approximate surface area is 120 Å². The second-order valence-corrected chi connectivity index (χ2v) is 5.09. The summed E-state index contributed by atoms with van der Waals surface area (Å²) in [6.45, 7) is 3.87. The Morgan fingerprint density at radius 2 is 1.89 bits per heavy atom. The fraction of sp³-hybridized carbons (Fsp3) is 0.250. The van der Waals surface area contributed by atoms with Crippen LogP contribution in [0.2, 0.25) is 10.0 Å². The summed E-state index contributed by atoms with van der Waals surface area (Å²) in [4.78, 5) is 3.87. The number of nitrogens with zero attached hydrogens (tertiary/aromatic N) is 4. The van der Waals surface area contributed by atoms with E-state index in [1.165, 1.54) is 17.1 Å². The van der Waals surface area contributed by atoms with Gasteiger partial charge >= 0.3 is 0 Å². The molecule has 0 aromatic carbocycles. The van der Waals surface area contributed by atoms with E-state index in [1.54, 1.807) is 0 Å². The Hall–Kier alpha value is -1.77. The summed E-state index contributed by atoms with van der Waals surface area (Å²) in [5, 5.41) is 14.2. The highest BCUT2D eigenvalue weighted by Crippen LogP contribution is 2.32. The number of hydrogen-bond donors (Lipinski definition) is 1. The van der Waals surface area contributed by atoms with Crippen molar-refractivity contribution in [3.8, 4) is 11.8 Å². The molecule has 2 aromatic rings. The standard InChI is InChI=1S/C12H11Cl2N5/c1-6(2)10-7(3-15)12(16)19(18-10)11-8(13)4-17-5-9(11)14/h4-6H,16H2,1-2H3. The number of anilines is 1. The van der Waals surface area contributed by atoms with E-state index in [1.807, 2.05) is 13.8 Å². The highest BCUT2D eigenvalue weighted by molar-refractivity contribution is 6.37. The minimum Gasteiger partial charge on any atom is -0.382 e. The average Bonchev–Trinajstić information content (AvgIpc) is 2.67. The second-order valence-electron chi connectivity index (χ2n) is 4.28. The summed E-state index contributed by atoms with van der Waals surface area (Å²) in [5.74, 6) is 0.291. The largest absolute Gasteiger partial charge is 0.382 e. The Kier molecular flexibility index (Phi) is 3.65. The van der Waals surface area contributed by atoms with Crippen molar-refractivity contribution in [2.75, 3.05) is 5.73 Å². The fourth-order valence-electron chi connectivity index (χ4n) is 1.74. The Balaban J connectivity index is 2.75. The van der Waals surface area contributed by atoms with Crippen LogP contribution in [0.15, 0.2) is 12.4 Å². The molecule has 0 aliphatic heterocycles. The lowest BCUT2D eigenvalue weighted by Crippen LogP contribution is -2.04. The molecule has 0 bridgehead atoms. The average molecular weight is 296 g/mol. The quantitative estimate of drug-likeness (QED) is 0.923. The van der Waals surface area contributed by atoms with Crippen molar-refractivity contribution in [2.24, 2.45) is 0 Å². The summed E-state index contributed by atoms with van der Waals surface area (Å²) in [7, 11) is 0. The number of aromatic nitrogens is 3. The van der Waals surface area contributed by atoms with Gasteiger partial charge in [0.05, 0.1) is 15.7 Å². The topological polar surface area (TPSA) is 80.5 Å². The van der Waals surface area contributed by atoms with Gasteiger partial charge < -0.3 is 5.73 Å². The molecule has 5 nitrogen and oxygen atoms in total. The first-order valence-corrected chi connectivity index (χ1v) is 6.30. The van der Waals surface area contributed by atoms with Crippen LogP contribution in [0.3, 0.4) is 0 Å². The van der Waals surface area contributed by atoms with Crippen LogP contribution in [-0.4, -0.2) is 14.8 Å². The van der Waals surface area contributed by atoms with Gasteiger partial charge in [0.1, 0.15) is 23.1 Å². The molecule has 19 heavy (non-hydrogen) atoms. The van der Waals surface area contributed by atoms with Gasteiger partial charge in [0.25, 0.3) is 0 Å². The molecule has 0 saturated heterocycles. The van der Waals surface area contributed by atoms with E-state index >= 15 is 0 Å². The number of nitrogens with two attached hydrogens (primary N) is 1. The van der Waals surface area contributed by atoms with Crippen LogP contribution in [-0.2, 0) is 0 Å². The third-order valence-electron chi connectivity index (χ3n) is 2.65. The third-order valence-corrected chi connectivity index (χ3v) is 3.20. The molecule has 7 heteroatoms. The molecule has 0 unspecified atom stereocenters. The van der Waals surface area contributed by atoms with Crippen molar-refractivity contribution in [2.45, 2.75) is 19.8 Å². The zero-order valence-corrected chi connectivity index (χ0v) is 11.9. The first-order valence-electron chi connectivity index (χ1n) is 5.55. The van der Waals surface area contributed by atoms with Crippen molar-refractivity contribution in [3.63, 3.8) is 0 Å². The number of rotatable bonds is 2. The molecule has 2 aromatic heterocycles. The maximum atomic E-state index is 9.19. The minimum atomic E-state index is 0.0672.